The summed E-state index contributed by atoms with van der Waals surface area (Å²) in [4.78, 5) is 130. The molecule has 5 aliphatic heterocycles. The lowest BCUT2D eigenvalue weighted by Gasteiger charge is -2.25. The molecule has 31 heteroatoms. The van der Waals surface area contributed by atoms with E-state index in [-0.39, 0.29) is 70.6 Å². The van der Waals surface area contributed by atoms with Gasteiger partial charge in [-0.15, -0.1) is 0 Å². The fourth-order valence-electron chi connectivity index (χ4n) is 18.9. The number of carbonyl (C=O) groups excluding carboxylic acids is 4. The van der Waals surface area contributed by atoms with E-state index in [1.165, 1.54) is 43.1 Å². The van der Waals surface area contributed by atoms with Gasteiger partial charge in [0.25, 0.3) is 0 Å². The van der Waals surface area contributed by atoms with Crippen LogP contribution in [0.1, 0.15) is 92.7 Å². The molecule has 140 heavy (non-hydrogen) atoms. The van der Waals surface area contributed by atoms with Crippen molar-refractivity contribution in [3.8, 4) is 68.7 Å². The third-order valence-corrected chi connectivity index (χ3v) is 26.5. The third kappa shape index (κ3) is 20.2. The number of halogens is 2. The molecule has 0 bridgehead atoms. The monoisotopic (exact) mass is 1910 g/mol. The predicted octanol–water partition coefficient (Wildman–Crippen LogP) is 19.1. The number of benzene rings is 8. The van der Waals surface area contributed by atoms with Gasteiger partial charge in [-0.2, -0.15) is 0 Å². The number of rotatable bonds is 22. The predicted molar refractivity (Wildman–Crippen MR) is 542 cm³/mol. The van der Waals surface area contributed by atoms with Gasteiger partial charge in [-0.1, -0.05) is 122 Å². The molecule has 0 N–H and O–H groups in total. The van der Waals surface area contributed by atoms with Crippen LogP contribution < -0.4 is 41.7 Å². The number of aromatic nitrogens is 12. The number of amides is 4. The summed E-state index contributed by atoms with van der Waals surface area (Å²) in [5, 5.41) is 0.783. The number of fused-ring (bicyclic) bond motifs is 4. The standard InChI is InChI=1S/C30H30ClN5O3.C27H26N4O3.C26H23ClN4O3.C26H24N4O3/c31-25-19-22(9-10-28(25)39-24-7-3-1-4-8-24)35-27-20-32-14-11-26(27)36(30(35)38)23-12-18-34(21-23)29(37)13-17-33-15-5-2-6-16-33;1-3-19-8-10-22(11-9-19)34-23-7-5-6-20(16-23)30-25-17-28-14-12-24(25)31(27(30)33)21-13-15-29(18-21)26(32)4-2;1-3-25(32)29-12-10-19(16-29)31-22-9-11-28-15-23(22)30(26(31)33)18-7-8-24(21(27)14-18)34-20-6-4-5-17(2)13-20;1-3-25(31)28-14-12-20(17-28)30-23-11-13-27-16-24(23)29(26(30)32)19-5-4-6-22(15-19)33-21-9-7-18(2)8-10-21/h1,3-4,7-11,13-14,17,19-20,23H,2,5-6,12,15-16,18,21H2;4-12,14,16-17,21H,2-3,13,15,18H2,1H3;3-9,11,13-15,19H,1,10,12,16H2,2H3;3-11,13,15-16,20H,1,12,14,17H2,2H3/b17-13+;;;/t23-;21-;19-;20-/m1111/s1. The average molecular weight is 1910 g/mol. The second-order valence-corrected chi connectivity index (χ2v) is 35.7. The van der Waals surface area contributed by atoms with Gasteiger partial charge in [0, 0.05) is 115 Å². The highest BCUT2D eigenvalue weighted by Crippen LogP contribution is 2.39. The van der Waals surface area contributed by atoms with Crippen LogP contribution in [0.15, 0.2) is 331 Å². The molecule has 8 aromatic heterocycles. The quantitative estimate of drug-likeness (QED) is 0.0570. The van der Waals surface area contributed by atoms with E-state index in [0.717, 1.165) is 64.2 Å². The van der Waals surface area contributed by atoms with Crippen molar-refractivity contribution in [1.82, 2.24) is 81.0 Å². The molecule has 5 aliphatic rings. The van der Waals surface area contributed by atoms with E-state index in [1.54, 1.807) is 137 Å². The number of likely N-dealkylation sites (tertiary alicyclic amines) is 5. The molecular formula is C109H103Cl2N17O12. The molecule has 0 unspecified atom stereocenters. The summed E-state index contributed by atoms with van der Waals surface area (Å²) in [7, 11) is 0. The zero-order chi connectivity index (χ0) is 97.2. The van der Waals surface area contributed by atoms with Crippen LogP contribution in [-0.2, 0) is 25.6 Å². The van der Waals surface area contributed by atoms with Crippen LogP contribution in [0.2, 0.25) is 10.0 Å². The molecule has 0 saturated carbocycles. The number of pyridine rings is 4. The second kappa shape index (κ2) is 42.2. The summed E-state index contributed by atoms with van der Waals surface area (Å²) in [6.45, 7) is 23.1. The molecule has 0 radical (unpaired) electrons. The van der Waals surface area contributed by atoms with Crippen LogP contribution in [0.5, 0.6) is 46.0 Å². The highest BCUT2D eigenvalue weighted by atomic mass is 35.5. The van der Waals surface area contributed by atoms with Gasteiger partial charge in [-0.3, -0.25) is 75.7 Å². The molecule has 8 aromatic carbocycles. The van der Waals surface area contributed by atoms with Crippen molar-refractivity contribution in [3.05, 3.63) is 381 Å². The van der Waals surface area contributed by atoms with Crippen molar-refractivity contribution in [2.45, 2.75) is 96.3 Å². The van der Waals surface area contributed by atoms with E-state index in [2.05, 4.69) is 51.5 Å². The SMILES string of the molecule is C=CC(=O)N1CC[C@@H](n2c(=O)n(-c3ccc(Oc4cccc(C)c4)c(Cl)c3)c3cnccc32)C1.C=CC(=O)N1CC[C@@H](n2c(=O)n(-c3cccc(Oc4ccc(C)cc4)c3)c3cnccc32)C1.C=CC(=O)N1CC[C@@H](n2c(=O)n(-c3cccc(Oc4ccc(CC)cc4)c3)c3cnccc32)C1.O=C(/C=C/N1CCCCC1)N1CC[C@@H](n2c(=O)n(-c3ccc(Oc4ccccc4)c(Cl)c3)c3cnccc32)C1. The first-order valence-corrected chi connectivity index (χ1v) is 47.5. The van der Waals surface area contributed by atoms with E-state index in [4.69, 9.17) is 42.1 Å². The van der Waals surface area contributed by atoms with E-state index < -0.39 is 0 Å². The Morgan fingerprint density at radius 2 is 0.693 bits per heavy atom. The number of ether oxygens (including phenoxy) is 4. The number of imidazole rings is 4. The van der Waals surface area contributed by atoms with Gasteiger partial charge in [-0.25, -0.2) is 19.2 Å². The Morgan fingerprint density at radius 3 is 1.06 bits per heavy atom. The van der Waals surface area contributed by atoms with Gasteiger partial charge in [-0.05, 0) is 228 Å². The topological polar surface area (TPSA) is 281 Å². The highest BCUT2D eigenvalue weighted by Gasteiger charge is 2.36. The minimum atomic E-state index is -0.204. The fraction of sp³-hybridized carbons (Fsp3) is 0.229. The normalized spacial score (nSPS) is 16.2. The van der Waals surface area contributed by atoms with Crippen LogP contribution in [0.3, 0.4) is 0 Å². The van der Waals surface area contributed by atoms with Crippen molar-refractivity contribution in [3.63, 3.8) is 0 Å². The van der Waals surface area contributed by atoms with Gasteiger partial charge >= 0.3 is 22.8 Å². The molecular weight excluding hydrogens is 1810 g/mol. The number of nitrogens with zero attached hydrogens (tertiary/aromatic N) is 17. The first-order chi connectivity index (χ1) is 68.2. The maximum atomic E-state index is 13.9. The van der Waals surface area contributed by atoms with Crippen LogP contribution in [0, 0.1) is 13.8 Å². The maximum absolute atomic E-state index is 13.9. The Morgan fingerprint density at radius 1 is 0.350 bits per heavy atom. The van der Waals surface area contributed by atoms with Gasteiger partial charge in [0.15, 0.2) is 0 Å². The Hall–Kier alpha value is -16.1. The van der Waals surface area contributed by atoms with E-state index in [0.29, 0.717) is 167 Å². The largest absolute Gasteiger partial charge is 0.457 e. The zero-order valence-corrected chi connectivity index (χ0v) is 79.1. The van der Waals surface area contributed by atoms with Gasteiger partial charge < -0.3 is 43.4 Å². The number of hydrogen-bond donors (Lipinski definition) is 0. The van der Waals surface area contributed by atoms with Crippen LogP contribution in [-0.4, -0.2) is 170 Å². The first kappa shape index (κ1) is 94.2. The molecule has 13 heterocycles. The number of aryl methyl sites for hydroxylation is 3. The Bertz CT molecular complexity index is 7660. The smallest absolute Gasteiger partial charge is 0.334 e. The minimum absolute atomic E-state index is 0.0117. The zero-order valence-electron chi connectivity index (χ0n) is 77.6. The lowest BCUT2D eigenvalue weighted by atomic mass is 10.1. The first-order valence-electron chi connectivity index (χ1n) is 46.7. The lowest BCUT2D eigenvalue weighted by molar-refractivity contribution is -0.125. The Labute approximate surface area is 816 Å². The number of piperidine rings is 1. The van der Waals surface area contributed by atoms with E-state index in [9.17, 15) is 38.4 Å². The summed E-state index contributed by atoms with van der Waals surface area (Å²) < 4.78 is 37.6. The second-order valence-electron chi connectivity index (χ2n) is 34.9. The van der Waals surface area contributed by atoms with Crippen LogP contribution in [0.4, 0.5) is 0 Å². The van der Waals surface area contributed by atoms with Gasteiger partial charge in [0.2, 0.25) is 23.6 Å². The summed E-state index contributed by atoms with van der Waals surface area (Å²) in [5.74, 6) is 4.75. The lowest BCUT2D eigenvalue weighted by Crippen LogP contribution is -2.31. The molecule has 0 aliphatic carbocycles. The number of para-hydroxylation sites is 1. The molecule has 710 valence electrons. The van der Waals surface area contributed by atoms with Crippen molar-refractivity contribution in [1.29, 1.82) is 0 Å². The van der Waals surface area contributed by atoms with Crippen molar-refractivity contribution < 1.29 is 38.1 Å². The van der Waals surface area contributed by atoms with Crippen LogP contribution in [0.25, 0.3) is 66.9 Å². The summed E-state index contributed by atoms with van der Waals surface area (Å²) in [6, 6.07) is 65.3. The molecule has 5 saturated heterocycles. The molecule has 5 fully saturated rings. The van der Waals surface area contributed by atoms with Crippen molar-refractivity contribution in [2.75, 3.05) is 65.4 Å². The molecule has 0 spiro atoms. The number of carbonyl (C=O) groups is 4. The molecule has 16 aromatic rings. The van der Waals surface area contributed by atoms with Gasteiger partial charge in [0.1, 0.15) is 46.0 Å². The third-order valence-electron chi connectivity index (χ3n) is 25.9. The Balaban J connectivity index is 0.000000124. The summed E-state index contributed by atoms with van der Waals surface area (Å²) in [6.07, 6.45) is 28.4. The minimum Gasteiger partial charge on any atom is -0.457 e. The molecule has 4 amide bonds. The fourth-order valence-corrected chi connectivity index (χ4v) is 19.3. The average Bonchev–Trinajstić information content (AvgIpc) is 1.61. The van der Waals surface area contributed by atoms with Crippen molar-refractivity contribution in [2.24, 2.45) is 0 Å². The molecule has 4 atom stereocenters. The van der Waals surface area contributed by atoms with Crippen LogP contribution >= 0.6 is 23.2 Å². The van der Waals surface area contributed by atoms with Gasteiger partial charge in [0.05, 0.1) is 126 Å². The Kier molecular flexibility index (Phi) is 28.4. The molecule has 21 rings (SSSR count). The summed E-state index contributed by atoms with van der Waals surface area (Å²) in [5.41, 5.74) is 11.3. The van der Waals surface area contributed by atoms with E-state index >= 15 is 0 Å². The van der Waals surface area contributed by atoms with E-state index in [1.807, 2.05) is 207 Å². The maximum Gasteiger partial charge on any atom is 0.334 e. The number of hydrogen-bond acceptors (Lipinski definition) is 17. The summed E-state index contributed by atoms with van der Waals surface area (Å²) >= 11 is 13.1. The highest BCUT2D eigenvalue weighted by molar-refractivity contribution is 6.32. The molecule has 29 nitrogen and oxygen atoms in total. The van der Waals surface area contributed by atoms with Crippen molar-refractivity contribution >= 4 is 91.0 Å².